The molecule has 138 valence electrons. The molecular formula is C18H18N6O3. The van der Waals surface area contributed by atoms with Crippen LogP contribution in [-0.4, -0.2) is 37.5 Å². The first kappa shape index (κ1) is 17.0. The van der Waals surface area contributed by atoms with E-state index in [1.54, 1.807) is 29.6 Å². The highest BCUT2D eigenvalue weighted by atomic mass is 16.5. The summed E-state index contributed by atoms with van der Waals surface area (Å²) in [4.78, 5) is 32.7. The van der Waals surface area contributed by atoms with Gasteiger partial charge in [0.05, 0.1) is 12.1 Å². The summed E-state index contributed by atoms with van der Waals surface area (Å²) < 4.78 is 7.13. The molecule has 9 heteroatoms. The summed E-state index contributed by atoms with van der Waals surface area (Å²) in [5.74, 6) is 0.671. The van der Waals surface area contributed by atoms with Crippen LogP contribution in [-0.2, 0) is 16.0 Å². The lowest BCUT2D eigenvalue weighted by molar-refractivity contribution is -0.122. The first-order valence-corrected chi connectivity index (χ1v) is 8.49. The van der Waals surface area contributed by atoms with Crippen molar-refractivity contribution in [2.24, 2.45) is 0 Å². The SMILES string of the molecule is Cc1nc2ncnn2c(C)c1CC(=O)Nc1ccc2c(c1)NC(=O)[C@@H](C)O2. The highest BCUT2D eigenvalue weighted by molar-refractivity contribution is 5.99. The monoisotopic (exact) mass is 366 g/mol. The van der Waals surface area contributed by atoms with E-state index in [4.69, 9.17) is 4.74 Å². The number of anilines is 2. The summed E-state index contributed by atoms with van der Waals surface area (Å²) in [5, 5.41) is 9.74. The van der Waals surface area contributed by atoms with E-state index < -0.39 is 6.10 Å². The Morgan fingerprint density at radius 2 is 2.19 bits per heavy atom. The molecule has 0 unspecified atom stereocenters. The Balaban J connectivity index is 1.54. The van der Waals surface area contributed by atoms with Crippen molar-refractivity contribution in [1.82, 2.24) is 19.6 Å². The van der Waals surface area contributed by atoms with Crippen LogP contribution >= 0.6 is 0 Å². The molecule has 0 bridgehead atoms. The van der Waals surface area contributed by atoms with Gasteiger partial charge in [0, 0.05) is 22.6 Å². The molecule has 9 nitrogen and oxygen atoms in total. The van der Waals surface area contributed by atoms with Crippen LogP contribution in [0.1, 0.15) is 23.9 Å². The average Bonchev–Trinajstić information content (AvgIpc) is 3.08. The van der Waals surface area contributed by atoms with Gasteiger partial charge in [-0.1, -0.05) is 0 Å². The Bertz CT molecular complexity index is 1070. The molecule has 0 spiro atoms. The largest absolute Gasteiger partial charge is 0.479 e. The average molecular weight is 366 g/mol. The maximum Gasteiger partial charge on any atom is 0.265 e. The third-order valence-corrected chi connectivity index (χ3v) is 4.52. The lowest BCUT2D eigenvalue weighted by Crippen LogP contribution is -2.34. The number of nitrogens with one attached hydrogen (secondary N) is 2. The van der Waals surface area contributed by atoms with Crippen molar-refractivity contribution >= 4 is 29.0 Å². The highest BCUT2D eigenvalue weighted by Gasteiger charge is 2.23. The van der Waals surface area contributed by atoms with E-state index in [2.05, 4.69) is 25.7 Å². The van der Waals surface area contributed by atoms with Crippen LogP contribution in [0.25, 0.3) is 5.78 Å². The summed E-state index contributed by atoms with van der Waals surface area (Å²) in [7, 11) is 0. The van der Waals surface area contributed by atoms with E-state index in [-0.39, 0.29) is 18.2 Å². The molecule has 2 amide bonds. The zero-order valence-electron chi connectivity index (χ0n) is 15.1. The van der Waals surface area contributed by atoms with E-state index in [1.165, 1.54) is 6.33 Å². The zero-order chi connectivity index (χ0) is 19.1. The molecule has 0 radical (unpaired) electrons. The van der Waals surface area contributed by atoms with Crippen LogP contribution in [0.5, 0.6) is 5.75 Å². The normalized spacial score (nSPS) is 15.8. The lowest BCUT2D eigenvalue weighted by atomic mass is 10.1. The van der Waals surface area contributed by atoms with Crippen molar-refractivity contribution in [2.45, 2.75) is 33.3 Å². The van der Waals surface area contributed by atoms with Gasteiger partial charge in [0.2, 0.25) is 5.91 Å². The van der Waals surface area contributed by atoms with Gasteiger partial charge < -0.3 is 15.4 Å². The van der Waals surface area contributed by atoms with E-state index in [1.807, 2.05) is 13.8 Å². The molecule has 0 saturated heterocycles. The number of nitrogens with zero attached hydrogens (tertiary/aromatic N) is 4. The third kappa shape index (κ3) is 3.07. The number of rotatable bonds is 3. The summed E-state index contributed by atoms with van der Waals surface area (Å²) in [6.45, 7) is 5.40. The molecule has 4 rings (SSSR count). The number of benzene rings is 1. The van der Waals surface area contributed by atoms with Gasteiger partial charge in [0.15, 0.2) is 6.10 Å². The number of carbonyl (C=O) groups is 2. The van der Waals surface area contributed by atoms with Crippen LogP contribution < -0.4 is 15.4 Å². The molecule has 1 aliphatic rings. The first-order chi connectivity index (χ1) is 12.9. The number of fused-ring (bicyclic) bond motifs is 2. The smallest absolute Gasteiger partial charge is 0.265 e. The molecule has 27 heavy (non-hydrogen) atoms. The zero-order valence-corrected chi connectivity index (χ0v) is 15.1. The van der Waals surface area contributed by atoms with Crippen molar-refractivity contribution in [3.8, 4) is 5.75 Å². The second kappa shape index (κ2) is 6.35. The Kier molecular flexibility index (Phi) is 3.98. The topological polar surface area (TPSA) is 111 Å². The predicted octanol–water partition coefficient (Wildman–Crippen LogP) is 1.64. The van der Waals surface area contributed by atoms with E-state index in [9.17, 15) is 9.59 Å². The molecule has 2 aromatic heterocycles. The molecule has 1 aromatic carbocycles. The number of hydrogen-bond acceptors (Lipinski definition) is 6. The summed E-state index contributed by atoms with van der Waals surface area (Å²) in [5.41, 5.74) is 3.47. The highest BCUT2D eigenvalue weighted by Crippen LogP contribution is 2.32. The van der Waals surface area contributed by atoms with Crippen molar-refractivity contribution in [1.29, 1.82) is 0 Å². The van der Waals surface area contributed by atoms with Crippen LogP contribution in [0.3, 0.4) is 0 Å². The number of aromatic nitrogens is 4. The number of ether oxygens (including phenoxy) is 1. The third-order valence-electron chi connectivity index (χ3n) is 4.52. The van der Waals surface area contributed by atoms with Crippen LogP contribution in [0, 0.1) is 13.8 Å². The van der Waals surface area contributed by atoms with Crippen LogP contribution in [0.2, 0.25) is 0 Å². The van der Waals surface area contributed by atoms with E-state index in [0.29, 0.717) is 22.9 Å². The number of hydrogen-bond donors (Lipinski definition) is 2. The predicted molar refractivity (Wildman–Crippen MR) is 97.8 cm³/mol. The molecular weight excluding hydrogens is 348 g/mol. The first-order valence-electron chi connectivity index (χ1n) is 8.49. The molecule has 1 atom stereocenters. The maximum absolute atomic E-state index is 12.5. The molecule has 0 saturated carbocycles. The van der Waals surface area contributed by atoms with Crippen LogP contribution in [0.4, 0.5) is 11.4 Å². The lowest BCUT2D eigenvalue weighted by Gasteiger charge is -2.23. The number of carbonyl (C=O) groups excluding carboxylic acids is 2. The second-order valence-corrected chi connectivity index (χ2v) is 6.42. The van der Waals surface area contributed by atoms with E-state index in [0.717, 1.165) is 17.0 Å². The molecule has 2 N–H and O–H groups in total. The van der Waals surface area contributed by atoms with Crippen molar-refractivity contribution < 1.29 is 14.3 Å². The fraction of sp³-hybridized carbons (Fsp3) is 0.278. The van der Waals surface area contributed by atoms with Gasteiger partial charge in [-0.2, -0.15) is 10.1 Å². The summed E-state index contributed by atoms with van der Waals surface area (Å²) in [6.07, 6.45) is 1.04. The Morgan fingerprint density at radius 1 is 1.37 bits per heavy atom. The van der Waals surface area contributed by atoms with Gasteiger partial charge in [-0.15, -0.1) is 0 Å². The van der Waals surface area contributed by atoms with Crippen molar-refractivity contribution in [3.63, 3.8) is 0 Å². The van der Waals surface area contributed by atoms with Gasteiger partial charge >= 0.3 is 0 Å². The van der Waals surface area contributed by atoms with E-state index >= 15 is 0 Å². The Hall–Kier alpha value is -3.49. The summed E-state index contributed by atoms with van der Waals surface area (Å²) >= 11 is 0. The van der Waals surface area contributed by atoms with Gasteiger partial charge in [-0.25, -0.2) is 9.50 Å². The summed E-state index contributed by atoms with van der Waals surface area (Å²) in [6, 6.07) is 5.13. The molecule has 3 heterocycles. The van der Waals surface area contributed by atoms with Gasteiger partial charge in [-0.3, -0.25) is 9.59 Å². The molecule has 3 aromatic rings. The standard InChI is InChI=1S/C18H18N6O3/c1-9-13(10(2)24-18(21-9)19-8-20-24)7-16(25)22-12-4-5-15-14(6-12)23-17(26)11(3)27-15/h4-6,8,11H,7H2,1-3H3,(H,22,25)(H,23,26)/t11-/m1/s1. The second-order valence-electron chi connectivity index (χ2n) is 6.42. The molecule has 0 aliphatic carbocycles. The minimum absolute atomic E-state index is 0.150. The Labute approximate surface area is 154 Å². The fourth-order valence-corrected chi connectivity index (χ4v) is 3.06. The minimum Gasteiger partial charge on any atom is -0.479 e. The van der Waals surface area contributed by atoms with Crippen molar-refractivity contribution in [2.75, 3.05) is 10.6 Å². The number of amides is 2. The van der Waals surface area contributed by atoms with Gasteiger partial charge in [0.1, 0.15) is 12.1 Å². The Morgan fingerprint density at radius 3 is 3.00 bits per heavy atom. The van der Waals surface area contributed by atoms with Crippen LogP contribution in [0.15, 0.2) is 24.5 Å². The number of aryl methyl sites for hydroxylation is 2. The molecule has 0 fully saturated rings. The quantitative estimate of drug-likeness (QED) is 0.729. The molecule has 1 aliphatic heterocycles. The van der Waals surface area contributed by atoms with Gasteiger partial charge in [-0.05, 0) is 39.0 Å². The minimum atomic E-state index is -0.539. The maximum atomic E-state index is 12.5. The van der Waals surface area contributed by atoms with Gasteiger partial charge in [0.25, 0.3) is 11.7 Å². The van der Waals surface area contributed by atoms with Crippen molar-refractivity contribution in [3.05, 3.63) is 41.5 Å². The fourth-order valence-electron chi connectivity index (χ4n) is 3.06.